The quantitative estimate of drug-likeness (QED) is 0.324. The van der Waals surface area contributed by atoms with Crippen LogP contribution < -0.4 is 0 Å². The van der Waals surface area contributed by atoms with Crippen LogP contribution in [-0.4, -0.2) is 39.4 Å². The van der Waals surface area contributed by atoms with Crippen molar-refractivity contribution in [1.29, 1.82) is 0 Å². The van der Waals surface area contributed by atoms with E-state index in [2.05, 4.69) is 39.5 Å². The predicted molar refractivity (Wildman–Crippen MR) is 145 cm³/mol. The number of Topliss-reactive ketones (excluding diaryl/α,β-unsaturated/α-hetero) is 1. The number of rotatable bonds is 10. The largest absolute Gasteiger partial charge is 0.393 e. The van der Waals surface area contributed by atoms with E-state index in [4.69, 9.17) is 0 Å². The summed E-state index contributed by atoms with van der Waals surface area (Å²) < 4.78 is 0. The average Bonchev–Trinajstić information content (AvgIpc) is 3.54. The molecule has 4 nitrogen and oxygen atoms in total. The number of aliphatic hydroxyl groups excluding tert-OH is 3. The van der Waals surface area contributed by atoms with Gasteiger partial charge in [-0.3, -0.25) is 4.79 Å². The van der Waals surface area contributed by atoms with Gasteiger partial charge in [0, 0.05) is 18.3 Å². The molecule has 0 amide bonds. The van der Waals surface area contributed by atoms with Gasteiger partial charge in [-0.25, -0.2) is 0 Å². The molecular formula is C32H50O4. The highest BCUT2D eigenvalue weighted by atomic mass is 16.3. The number of allylic oxidation sites excluding steroid dienone is 3. The molecule has 0 radical (unpaired) electrons. The summed E-state index contributed by atoms with van der Waals surface area (Å²) in [4.78, 5) is 12.5. The summed E-state index contributed by atoms with van der Waals surface area (Å²) >= 11 is 0. The highest BCUT2D eigenvalue weighted by molar-refractivity contribution is 5.87. The second-order valence-corrected chi connectivity index (χ2v) is 12.9. The molecule has 0 spiro atoms. The zero-order valence-corrected chi connectivity index (χ0v) is 23.0. The van der Waals surface area contributed by atoms with Crippen molar-refractivity contribution in [3.8, 4) is 0 Å². The molecule has 4 fully saturated rings. The first kappa shape index (κ1) is 27.8. The minimum absolute atomic E-state index is 0.0449. The van der Waals surface area contributed by atoms with Gasteiger partial charge in [0.2, 0.25) is 0 Å². The lowest BCUT2D eigenvalue weighted by Crippen LogP contribution is -2.39. The minimum atomic E-state index is -0.646. The molecule has 7 atom stereocenters. The van der Waals surface area contributed by atoms with Gasteiger partial charge in [-0.15, -0.1) is 0 Å². The molecule has 4 aliphatic carbocycles. The van der Waals surface area contributed by atoms with E-state index in [0.29, 0.717) is 36.9 Å². The Hall–Kier alpha value is -1.23. The molecule has 0 bridgehead atoms. The van der Waals surface area contributed by atoms with Gasteiger partial charge in [0.25, 0.3) is 0 Å². The Bertz CT molecular complexity index is 881. The Kier molecular flexibility index (Phi) is 8.69. The number of fused-ring (bicyclic) bond motifs is 1. The molecule has 4 aliphatic rings. The zero-order valence-electron chi connectivity index (χ0n) is 23.0. The third-order valence-corrected chi connectivity index (χ3v) is 10.6. The van der Waals surface area contributed by atoms with Crippen LogP contribution in [0.2, 0.25) is 0 Å². The fourth-order valence-corrected chi connectivity index (χ4v) is 8.10. The SMILES string of the molecule is C=C1/C(=C\C=C2/CCC[C@]3(C)[C@@H]([C@H](C)[C@@H](O)CCCC4(C(=O)CCC)CC4)CC[C@@H]23)C[C@@H](O)C[C@@H]1O. The molecule has 202 valence electrons. The number of carbonyl (C=O) groups excluding carboxylic acids is 1. The van der Waals surface area contributed by atoms with Gasteiger partial charge in [-0.05, 0) is 111 Å². The van der Waals surface area contributed by atoms with Gasteiger partial charge >= 0.3 is 0 Å². The third kappa shape index (κ3) is 5.61. The highest BCUT2D eigenvalue weighted by Gasteiger charge is 2.52. The van der Waals surface area contributed by atoms with Crippen molar-refractivity contribution >= 4 is 5.78 Å². The molecule has 0 heterocycles. The van der Waals surface area contributed by atoms with E-state index < -0.39 is 12.2 Å². The van der Waals surface area contributed by atoms with Gasteiger partial charge in [0.1, 0.15) is 5.78 Å². The van der Waals surface area contributed by atoms with Crippen molar-refractivity contribution < 1.29 is 20.1 Å². The summed E-state index contributed by atoms with van der Waals surface area (Å²) in [5.74, 6) is 1.77. The standard InChI is InChI=1S/C32H50O4/c1-5-8-30(36)32(17-18-32)16-7-10-28(34)22(3)26-13-14-27-23(9-6-15-31(26,27)4)11-12-24-19-25(33)20-29(35)21(24)2/h11-12,22,25-29,33-35H,2,5-10,13-20H2,1,3-4H3/b23-11+,24-12-/t22-,25+,26+,27-,28-,29-,31+/m0/s1. The van der Waals surface area contributed by atoms with E-state index >= 15 is 0 Å². The lowest BCUT2D eigenvalue weighted by molar-refractivity contribution is -0.124. The Morgan fingerprint density at radius 1 is 1.19 bits per heavy atom. The Morgan fingerprint density at radius 3 is 2.64 bits per heavy atom. The molecule has 0 saturated heterocycles. The summed E-state index contributed by atoms with van der Waals surface area (Å²) in [6.07, 6.45) is 16.2. The Morgan fingerprint density at radius 2 is 1.94 bits per heavy atom. The molecule has 4 rings (SSSR count). The van der Waals surface area contributed by atoms with Crippen LogP contribution in [0, 0.1) is 28.6 Å². The second-order valence-electron chi connectivity index (χ2n) is 12.9. The molecule has 3 N–H and O–H groups in total. The number of hydrogen-bond donors (Lipinski definition) is 3. The summed E-state index contributed by atoms with van der Waals surface area (Å²) in [7, 11) is 0. The first-order valence-corrected chi connectivity index (χ1v) is 14.8. The number of hydrogen-bond acceptors (Lipinski definition) is 4. The average molecular weight is 499 g/mol. The lowest BCUT2D eigenvalue weighted by atomic mass is 9.60. The summed E-state index contributed by atoms with van der Waals surface area (Å²) in [6, 6.07) is 0. The first-order chi connectivity index (χ1) is 17.1. The van der Waals surface area contributed by atoms with Crippen molar-refractivity contribution in [3.05, 3.63) is 35.5 Å². The van der Waals surface area contributed by atoms with Crippen molar-refractivity contribution in [2.75, 3.05) is 0 Å². The van der Waals surface area contributed by atoms with Crippen LogP contribution in [0.3, 0.4) is 0 Å². The Balaban J connectivity index is 1.37. The normalized spacial score (nSPS) is 37.7. The number of ketones is 1. The second kappa shape index (κ2) is 11.3. The van der Waals surface area contributed by atoms with E-state index in [1.165, 1.54) is 24.8 Å². The zero-order chi connectivity index (χ0) is 26.1. The molecule has 0 aromatic rings. The van der Waals surface area contributed by atoms with Crippen LogP contribution in [0.1, 0.15) is 111 Å². The van der Waals surface area contributed by atoms with E-state index in [1.54, 1.807) is 0 Å². The summed E-state index contributed by atoms with van der Waals surface area (Å²) in [5.41, 5.74) is 3.39. The van der Waals surface area contributed by atoms with Gasteiger partial charge in [-0.2, -0.15) is 0 Å². The van der Waals surface area contributed by atoms with Crippen LogP contribution in [0.25, 0.3) is 0 Å². The number of carbonyl (C=O) groups is 1. The maximum absolute atomic E-state index is 12.5. The van der Waals surface area contributed by atoms with Crippen LogP contribution in [0.5, 0.6) is 0 Å². The summed E-state index contributed by atoms with van der Waals surface area (Å²) in [5, 5.41) is 31.5. The maximum atomic E-state index is 12.5. The monoisotopic (exact) mass is 498 g/mol. The molecule has 0 aromatic carbocycles. The maximum Gasteiger partial charge on any atom is 0.139 e. The molecule has 0 aliphatic heterocycles. The number of aliphatic hydroxyl groups is 3. The van der Waals surface area contributed by atoms with E-state index in [1.807, 2.05) is 0 Å². The lowest BCUT2D eigenvalue weighted by Gasteiger charge is -2.45. The molecule has 36 heavy (non-hydrogen) atoms. The van der Waals surface area contributed by atoms with Crippen LogP contribution >= 0.6 is 0 Å². The fraction of sp³-hybridized carbons (Fsp3) is 0.781. The molecule has 0 aromatic heterocycles. The van der Waals surface area contributed by atoms with Crippen LogP contribution in [-0.2, 0) is 4.79 Å². The van der Waals surface area contributed by atoms with Crippen molar-refractivity contribution in [2.45, 2.75) is 129 Å². The highest BCUT2D eigenvalue weighted by Crippen LogP contribution is 2.60. The smallest absolute Gasteiger partial charge is 0.139 e. The van der Waals surface area contributed by atoms with E-state index in [-0.39, 0.29) is 22.9 Å². The third-order valence-electron chi connectivity index (χ3n) is 10.6. The Labute approximate surface area is 219 Å². The van der Waals surface area contributed by atoms with Gasteiger partial charge < -0.3 is 15.3 Å². The molecule has 4 heteroatoms. The van der Waals surface area contributed by atoms with Crippen molar-refractivity contribution in [1.82, 2.24) is 0 Å². The topological polar surface area (TPSA) is 77.8 Å². The van der Waals surface area contributed by atoms with E-state index in [0.717, 1.165) is 62.5 Å². The molecule has 4 saturated carbocycles. The first-order valence-electron chi connectivity index (χ1n) is 14.8. The van der Waals surface area contributed by atoms with Crippen LogP contribution in [0.15, 0.2) is 35.5 Å². The van der Waals surface area contributed by atoms with Crippen LogP contribution in [0.4, 0.5) is 0 Å². The van der Waals surface area contributed by atoms with Gasteiger partial charge in [0.05, 0.1) is 18.3 Å². The van der Waals surface area contributed by atoms with Crippen molar-refractivity contribution in [2.24, 2.45) is 28.6 Å². The van der Waals surface area contributed by atoms with Gasteiger partial charge in [0.15, 0.2) is 0 Å². The van der Waals surface area contributed by atoms with Gasteiger partial charge in [-0.1, -0.05) is 45.1 Å². The van der Waals surface area contributed by atoms with E-state index in [9.17, 15) is 20.1 Å². The van der Waals surface area contributed by atoms with Crippen molar-refractivity contribution in [3.63, 3.8) is 0 Å². The minimum Gasteiger partial charge on any atom is -0.393 e. The molecular weight excluding hydrogens is 448 g/mol. The predicted octanol–water partition coefficient (Wildman–Crippen LogP) is 6.44. The fourth-order valence-electron chi connectivity index (χ4n) is 8.10. The molecule has 0 unspecified atom stereocenters. The summed E-state index contributed by atoms with van der Waals surface area (Å²) in [6.45, 7) is 10.9.